The Hall–Kier alpha value is -9.66. The van der Waals surface area contributed by atoms with Gasteiger partial charge in [0.2, 0.25) is 0 Å². The highest BCUT2D eigenvalue weighted by molar-refractivity contribution is 5.67. The summed E-state index contributed by atoms with van der Waals surface area (Å²) in [5.74, 6) is 9.29. The maximum Gasteiger partial charge on any atom is 0.134 e. The molecule has 0 bridgehead atoms. The van der Waals surface area contributed by atoms with Gasteiger partial charge in [0.15, 0.2) is 0 Å². The van der Waals surface area contributed by atoms with Crippen molar-refractivity contribution in [2.75, 3.05) is 26.9 Å². The Morgan fingerprint density at radius 3 is 0.921 bits per heavy atom. The Morgan fingerprint density at radius 1 is 0.337 bits per heavy atom. The van der Waals surface area contributed by atoms with Crippen LogP contribution in [0, 0.1) is 0 Å². The standard InChI is InChI=1S/C20H24O2.C19H32.C15H16O2.C15H26.C13H12O2.C11H10O2/c1-15(2)6-5-7-16(3)12-13-21-19-10-11-20-18(14-19)9-8-17(4)22-20;1-16(2)10-7-12-18(5)14-9-15-19(6)13-8-11-17(3)4;1-11(2)8-9-16-14-6-7-15-13(10-14)5-4-12(3)17-15;1-6-14(4)10-8-12-15(5)11-7-9-13(2)3;1-3-8-14-12-6-7-13-11(9-12)5-4-10(2)15-13;1-8-3-4-9-7-10(12-2)5-6-11(9)13-8/h6,8-12,14H,4-5,7,13H2,1-3H3;11-12,15H,1,7-10,13-14H2,2-6H3;4-8,10H,3,9H2,1-2H3;6,9,12H,7-8,10-11H2,1-5H3;3-7,9H,1-2,8H2;3-7H,1H2,2H3/b16-12+;18-12+,19-15+;;14-6+,15-12+;;. The van der Waals surface area contributed by atoms with Crippen LogP contribution in [0.25, 0.3) is 24.3 Å². The lowest BCUT2D eigenvalue weighted by Crippen LogP contribution is -1.99. The summed E-state index contributed by atoms with van der Waals surface area (Å²) in [5, 5.41) is 0. The van der Waals surface area contributed by atoms with E-state index in [0.717, 1.165) is 93.9 Å². The van der Waals surface area contributed by atoms with Crippen LogP contribution in [0.4, 0.5) is 0 Å². The highest BCUT2D eigenvalue weighted by Gasteiger charge is 2.13. The second kappa shape index (κ2) is 49.0. The molecule has 101 heavy (non-hydrogen) atoms. The highest BCUT2D eigenvalue weighted by atomic mass is 16.5. The van der Waals surface area contributed by atoms with E-state index in [1.165, 1.54) is 107 Å². The molecule has 4 aliphatic rings. The molecule has 0 unspecified atom stereocenters. The first-order valence-corrected chi connectivity index (χ1v) is 35.5. The Kier molecular flexibility index (Phi) is 41.5. The molecule has 8 rings (SSSR count). The molecule has 4 aromatic carbocycles. The van der Waals surface area contributed by atoms with Crippen LogP contribution in [0.5, 0.6) is 46.0 Å². The fraction of sp³-hybridized carbons (Fsp3) is 0.333. The van der Waals surface area contributed by atoms with E-state index in [4.69, 9.17) is 37.9 Å². The lowest BCUT2D eigenvalue weighted by atomic mass is 10.0. The molecule has 4 aromatic rings. The smallest absolute Gasteiger partial charge is 0.134 e. The lowest BCUT2D eigenvalue weighted by Gasteiger charge is -2.14. The fourth-order valence-electron chi connectivity index (χ4n) is 9.54. The lowest BCUT2D eigenvalue weighted by molar-refractivity contribution is 0.360. The van der Waals surface area contributed by atoms with Crippen LogP contribution in [0.3, 0.4) is 0 Å². The molecule has 0 spiro atoms. The molecule has 0 N–H and O–H groups in total. The molecule has 0 radical (unpaired) electrons. The highest BCUT2D eigenvalue weighted by Crippen LogP contribution is 2.34. The van der Waals surface area contributed by atoms with Crippen LogP contribution in [0.1, 0.15) is 203 Å². The topological polar surface area (TPSA) is 73.8 Å². The number of methoxy groups -OCH3 is 1. The number of rotatable bonds is 28. The van der Waals surface area contributed by atoms with Gasteiger partial charge in [-0.1, -0.05) is 137 Å². The van der Waals surface area contributed by atoms with E-state index in [1.807, 2.05) is 127 Å². The Bertz CT molecular complexity index is 3790. The average Bonchev–Trinajstić information content (AvgIpc) is 0.864. The quantitative estimate of drug-likeness (QED) is 0.0521. The zero-order valence-corrected chi connectivity index (χ0v) is 64.4. The zero-order valence-electron chi connectivity index (χ0n) is 64.4. The van der Waals surface area contributed by atoms with Crippen molar-refractivity contribution in [3.05, 3.63) is 298 Å². The van der Waals surface area contributed by atoms with E-state index < -0.39 is 0 Å². The third-order valence-electron chi connectivity index (χ3n) is 15.6. The molecule has 540 valence electrons. The third-order valence-corrected chi connectivity index (χ3v) is 15.6. The van der Waals surface area contributed by atoms with Crippen LogP contribution in [0.15, 0.2) is 276 Å². The molecule has 0 aliphatic carbocycles. The second-order valence-electron chi connectivity index (χ2n) is 26.5. The molecule has 4 aliphatic heterocycles. The van der Waals surface area contributed by atoms with Gasteiger partial charge in [-0.25, -0.2) is 0 Å². The monoisotopic (exact) mass is 1360 g/mol. The summed E-state index contributed by atoms with van der Waals surface area (Å²) in [7, 11) is 1.65. The van der Waals surface area contributed by atoms with Crippen molar-refractivity contribution in [1.29, 1.82) is 0 Å². The van der Waals surface area contributed by atoms with Gasteiger partial charge in [-0.2, -0.15) is 0 Å². The van der Waals surface area contributed by atoms with Crippen molar-refractivity contribution in [3.63, 3.8) is 0 Å². The van der Waals surface area contributed by atoms with Gasteiger partial charge in [0.25, 0.3) is 0 Å². The molecule has 0 fully saturated rings. The molecular formula is C93H120O8. The Morgan fingerprint density at radius 2 is 0.614 bits per heavy atom. The van der Waals surface area contributed by atoms with Gasteiger partial charge in [0, 0.05) is 22.3 Å². The Labute approximate surface area is 611 Å². The predicted octanol–water partition coefficient (Wildman–Crippen LogP) is 27.6. The molecule has 0 saturated carbocycles. The van der Waals surface area contributed by atoms with Crippen molar-refractivity contribution in [2.45, 2.75) is 181 Å². The van der Waals surface area contributed by atoms with Crippen LogP contribution in [0.2, 0.25) is 0 Å². The molecule has 0 aromatic heterocycles. The number of allylic oxidation sites excluding steroid dienone is 21. The number of hydrogen-bond acceptors (Lipinski definition) is 8. The summed E-state index contributed by atoms with van der Waals surface area (Å²) in [5.41, 5.74) is 18.2. The van der Waals surface area contributed by atoms with E-state index in [2.05, 4.69) is 192 Å². The average molecular weight is 1370 g/mol. The first-order valence-electron chi connectivity index (χ1n) is 35.5. The molecule has 0 amide bonds. The van der Waals surface area contributed by atoms with Gasteiger partial charge in [0.1, 0.15) is 88.9 Å². The summed E-state index contributed by atoms with van der Waals surface area (Å²) in [6.45, 7) is 56.5. The normalized spacial score (nSPS) is 13.0. The second-order valence-corrected chi connectivity index (χ2v) is 26.5. The van der Waals surface area contributed by atoms with E-state index in [9.17, 15) is 0 Å². The van der Waals surface area contributed by atoms with E-state index in [-0.39, 0.29) is 0 Å². The van der Waals surface area contributed by atoms with Crippen molar-refractivity contribution in [1.82, 2.24) is 0 Å². The van der Waals surface area contributed by atoms with Gasteiger partial charge in [-0.3, -0.25) is 0 Å². The van der Waals surface area contributed by atoms with Crippen LogP contribution in [-0.4, -0.2) is 26.9 Å². The van der Waals surface area contributed by atoms with Crippen molar-refractivity contribution in [2.24, 2.45) is 0 Å². The summed E-state index contributed by atoms with van der Waals surface area (Å²) < 4.78 is 43.8. The van der Waals surface area contributed by atoms with Crippen LogP contribution < -0.4 is 37.9 Å². The third kappa shape index (κ3) is 39.1. The summed E-state index contributed by atoms with van der Waals surface area (Å²) >= 11 is 0. The van der Waals surface area contributed by atoms with Gasteiger partial charge in [-0.05, 0) is 314 Å². The SMILES string of the molecule is C/C=C(\C)CC/C=C(\C)CCC=C(C)C.C=C(C)CC/C=C(\C)CC/C=C(\C)CCC=C(C)C.C=C1C=Cc2cc(OC)ccc2O1.C=C1C=Cc2cc(OC/C=C(\C)CCC=C(C)C)ccc2O1.C=C1C=Cc2cc(OCC=C(C)C)ccc2O1.C=CCOc1ccc2c(c1)C=CC(=C)O2. The van der Waals surface area contributed by atoms with Crippen molar-refractivity contribution < 1.29 is 37.9 Å². The molecule has 4 heterocycles. The summed E-state index contributed by atoms with van der Waals surface area (Å²) in [6, 6.07) is 23.0. The zero-order chi connectivity index (χ0) is 74.5. The number of ether oxygens (including phenoxy) is 8. The maximum atomic E-state index is 5.79. The number of hydrogen-bond donors (Lipinski definition) is 0. The maximum absolute atomic E-state index is 5.79. The molecule has 8 nitrogen and oxygen atoms in total. The van der Waals surface area contributed by atoms with Crippen LogP contribution >= 0.6 is 0 Å². The van der Waals surface area contributed by atoms with Crippen molar-refractivity contribution >= 4 is 24.3 Å². The van der Waals surface area contributed by atoms with Crippen molar-refractivity contribution in [3.8, 4) is 46.0 Å². The first kappa shape index (κ1) is 85.6. The molecule has 0 atom stereocenters. The Balaban J connectivity index is 0.000000317. The van der Waals surface area contributed by atoms with E-state index in [0.29, 0.717) is 42.9 Å². The number of fused-ring (bicyclic) bond motifs is 4. The van der Waals surface area contributed by atoms with Gasteiger partial charge in [0.05, 0.1) is 7.11 Å². The first-order chi connectivity index (χ1) is 48.2. The fourth-order valence-corrected chi connectivity index (χ4v) is 9.54. The van der Waals surface area contributed by atoms with Crippen LogP contribution in [-0.2, 0) is 0 Å². The summed E-state index contributed by atoms with van der Waals surface area (Å²) in [6.07, 6.45) is 51.4. The minimum atomic E-state index is 0.510. The molecular weight excluding hydrogens is 1250 g/mol. The predicted molar refractivity (Wildman–Crippen MR) is 437 cm³/mol. The van der Waals surface area contributed by atoms with Gasteiger partial charge in [-0.15, -0.1) is 6.58 Å². The summed E-state index contributed by atoms with van der Waals surface area (Å²) in [4.78, 5) is 0. The molecule has 0 saturated heterocycles. The minimum absolute atomic E-state index is 0.510. The largest absolute Gasteiger partial charge is 0.497 e. The number of benzene rings is 4. The molecule has 8 heteroatoms. The van der Waals surface area contributed by atoms with E-state index >= 15 is 0 Å². The van der Waals surface area contributed by atoms with Gasteiger partial charge < -0.3 is 37.9 Å². The van der Waals surface area contributed by atoms with E-state index in [1.54, 1.807) is 13.2 Å². The minimum Gasteiger partial charge on any atom is -0.497 e. The van der Waals surface area contributed by atoms with Gasteiger partial charge >= 0.3 is 0 Å².